The molecule has 0 bridgehead atoms. The molecule has 6 nitrogen and oxygen atoms in total. The fourth-order valence-electron chi connectivity index (χ4n) is 4.44. The van der Waals surface area contributed by atoms with Crippen molar-refractivity contribution in [2.24, 2.45) is 0 Å². The van der Waals surface area contributed by atoms with Crippen molar-refractivity contribution in [2.75, 3.05) is 6.79 Å². The van der Waals surface area contributed by atoms with Gasteiger partial charge in [0.15, 0.2) is 11.5 Å². The average Bonchev–Trinajstić information content (AvgIpc) is 3.48. The van der Waals surface area contributed by atoms with Gasteiger partial charge >= 0.3 is 0 Å². The van der Waals surface area contributed by atoms with Crippen LogP contribution in [0, 0.1) is 6.92 Å². The van der Waals surface area contributed by atoms with Crippen LogP contribution in [0.3, 0.4) is 0 Å². The number of nitrogens with one attached hydrogen (secondary N) is 1. The number of ether oxygens (including phenoxy) is 2. The van der Waals surface area contributed by atoms with Crippen molar-refractivity contribution in [1.29, 1.82) is 0 Å². The Bertz CT molecular complexity index is 968. The van der Waals surface area contributed by atoms with Crippen LogP contribution >= 0.6 is 0 Å². The van der Waals surface area contributed by atoms with Crippen molar-refractivity contribution in [3.8, 4) is 11.5 Å². The molecule has 2 aliphatic rings. The maximum atomic E-state index is 13.3. The minimum absolute atomic E-state index is 0.0278. The standard InChI is InChI=1S/C26H32N2O4/c1-18-7-3-4-8-21(18)16-28(19(2)26(30)27-22-9-5-6-10-22)25(29)14-12-20-11-13-23-24(15-20)32-17-31-23/h3-4,7-8,11,13,15,19,22H,5-6,9-10,12,14,16-17H2,1-2H3,(H,27,30). The Morgan fingerprint density at radius 3 is 2.62 bits per heavy atom. The number of aryl methyl sites for hydroxylation is 2. The number of hydrogen-bond donors (Lipinski definition) is 1. The molecule has 1 saturated carbocycles. The van der Waals surface area contributed by atoms with Crippen LogP contribution in [0.1, 0.15) is 55.7 Å². The molecule has 2 amide bonds. The Labute approximate surface area is 189 Å². The molecule has 0 aromatic heterocycles. The lowest BCUT2D eigenvalue weighted by atomic mass is 10.0. The molecule has 1 aliphatic carbocycles. The maximum absolute atomic E-state index is 13.3. The predicted octanol–water partition coefficient (Wildman–Crippen LogP) is 4.13. The number of fused-ring (bicyclic) bond motifs is 1. The van der Waals surface area contributed by atoms with E-state index in [4.69, 9.17) is 9.47 Å². The summed E-state index contributed by atoms with van der Waals surface area (Å²) in [5.41, 5.74) is 3.19. The zero-order valence-corrected chi connectivity index (χ0v) is 18.9. The third kappa shape index (κ3) is 5.23. The minimum Gasteiger partial charge on any atom is -0.454 e. The molecule has 1 atom stereocenters. The highest BCUT2D eigenvalue weighted by atomic mass is 16.7. The number of carbonyl (C=O) groups is 2. The van der Waals surface area contributed by atoms with Crippen LogP contribution in [0.25, 0.3) is 0 Å². The first-order chi connectivity index (χ1) is 15.5. The van der Waals surface area contributed by atoms with Crippen LogP contribution in [0.5, 0.6) is 11.5 Å². The van der Waals surface area contributed by atoms with Gasteiger partial charge in [0, 0.05) is 19.0 Å². The largest absolute Gasteiger partial charge is 0.454 e. The van der Waals surface area contributed by atoms with Gasteiger partial charge in [-0.1, -0.05) is 43.2 Å². The number of carbonyl (C=O) groups excluding carboxylic acids is 2. The second-order valence-electron chi connectivity index (χ2n) is 8.80. The van der Waals surface area contributed by atoms with E-state index < -0.39 is 6.04 Å². The second kappa shape index (κ2) is 10.1. The summed E-state index contributed by atoms with van der Waals surface area (Å²) in [6, 6.07) is 13.5. The first kappa shape index (κ1) is 22.2. The molecule has 4 rings (SSSR count). The van der Waals surface area contributed by atoms with Gasteiger partial charge in [0.05, 0.1) is 0 Å². The van der Waals surface area contributed by atoms with Gasteiger partial charge in [-0.25, -0.2) is 0 Å². The summed E-state index contributed by atoms with van der Waals surface area (Å²) in [6.07, 6.45) is 5.26. The number of nitrogens with zero attached hydrogens (tertiary/aromatic N) is 1. The van der Waals surface area contributed by atoms with Gasteiger partial charge in [-0.15, -0.1) is 0 Å². The Balaban J connectivity index is 1.46. The van der Waals surface area contributed by atoms with Crippen LogP contribution in [-0.2, 0) is 22.6 Å². The Morgan fingerprint density at radius 1 is 1.09 bits per heavy atom. The highest BCUT2D eigenvalue weighted by Crippen LogP contribution is 2.33. The summed E-state index contributed by atoms with van der Waals surface area (Å²) in [5.74, 6) is 1.36. The SMILES string of the molecule is Cc1ccccc1CN(C(=O)CCc1ccc2c(c1)OCO2)C(C)C(=O)NC1CCCC1. The van der Waals surface area contributed by atoms with Crippen molar-refractivity contribution in [1.82, 2.24) is 10.2 Å². The molecule has 1 heterocycles. The zero-order valence-electron chi connectivity index (χ0n) is 18.9. The lowest BCUT2D eigenvalue weighted by Gasteiger charge is -2.30. The first-order valence-electron chi connectivity index (χ1n) is 11.5. The summed E-state index contributed by atoms with van der Waals surface area (Å²) in [6.45, 7) is 4.52. The Morgan fingerprint density at radius 2 is 1.84 bits per heavy atom. The first-order valence-corrected chi connectivity index (χ1v) is 11.5. The molecular formula is C26H32N2O4. The lowest BCUT2D eigenvalue weighted by molar-refractivity contribution is -0.140. The molecule has 1 N–H and O–H groups in total. The van der Waals surface area contributed by atoms with Crippen LogP contribution in [0.2, 0.25) is 0 Å². The molecule has 2 aromatic carbocycles. The van der Waals surface area contributed by atoms with E-state index in [9.17, 15) is 9.59 Å². The van der Waals surface area contributed by atoms with Gasteiger partial charge in [-0.05, 0) is 61.9 Å². The van der Waals surface area contributed by atoms with E-state index in [0.29, 0.717) is 19.4 Å². The van der Waals surface area contributed by atoms with Crippen molar-refractivity contribution in [3.63, 3.8) is 0 Å². The summed E-state index contributed by atoms with van der Waals surface area (Å²) in [5, 5.41) is 3.15. The monoisotopic (exact) mass is 436 g/mol. The summed E-state index contributed by atoms with van der Waals surface area (Å²) >= 11 is 0. The van der Waals surface area contributed by atoms with Crippen LogP contribution in [-0.4, -0.2) is 35.6 Å². The number of hydrogen-bond acceptors (Lipinski definition) is 4. The molecule has 0 radical (unpaired) electrons. The molecule has 1 fully saturated rings. The number of benzene rings is 2. The van der Waals surface area contributed by atoms with E-state index in [1.54, 1.807) is 4.90 Å². The van der Waals surface area contributed by atoms with Gasteiger partial charge in [0.2, 0.25) is 18.6 Å². The third-order valence-corrected chi connectivity index (χ3v) is 6.54. The maximum Gasteiger partial charge on any atom is 0.242 e. The highest BCUT2D eigenvalue weighted by Gasteiger charge is 2.28. The van der Waals surface area contributed by atoms with Gasteiger partial charge in [0.1, 0.15) is 6.04 Å². The fourth-order valence-corrected chi connectivity index (χ4v) is 4.44. The van der Waals surface area contributed by atoms with Gasteiger partial charge in [-0.2, -0.15) is 0 Å². The van der Waals surface area contributed by atoms with Crippen molar-refractivity contribution in [3.05, 3.63) is 59.2 Å². The van der Waals surface area contributed by atoms with E-state index in [-0.39, 0.29) is 24.6 Å². The summed E-state index contributed by atoms with van der Waals surface area (Å²) in [4.78, 5) is 28.0. The topological polar surface area (TPSA) is 67.9 Å². The molecule has 0 saturated heterocycles. The normalized spacial score (nSPS) is 16.1. The Kier molecular flexibility index (Phi) is 6.98. The summed E-state index contributed by atoms with van der Waals surface area (Å²) < 4.78 is 10.8. The van der Waals surface area contributed by atoms with E-state index in [1.165, 1.54) is 0 Å². The molecular weight excluding hydrogens is 404 g/mol. The van der Waals surface area contributed by atoms with Crippen molar-refractivity contribution >= 4 is 11.8 Å². The van der Waals surface area contributed by atoms with Crippen LogP contribution in [0.4, 0.5) is 0 Å². The van der Waals surface area contributed by atoms with Gasteiger partial charge in [0.25, 0.3) is 0 Å². The van der Waals surface area contributed by atoms with E-state index in [1.807, 2.05) is 56.3 Å². The number of rotatable bonds is 8. The highest BCUT2D eigenvalue weighted by molar-refractivity contribution is 5.87. The number of amides is 2. The van der Waals surface area contributed by atoms with Crippen LogP contribution in [0.15, 0.2) is 42.5 Å². The summed E-state index contributed by atoms with van der Waals surface area (Å²) in [7, 11) is 0. The molecule has 0 spiro atoms. The fraction of sp³-hybridized carbons (Fsp3) is 0.462. The van der Waals surface area contributed by atoms with Crippen molar-refractivity contribution < 1.29 is 19.1 Å². The van der Waals surface area contributed by atoms with E-state index in [2.05, 4.69) is 5.32 Å². The van der Waals surface area contributed by atoms with E-state index >= 15 is 0 Å². The molecule has 2 aromatic rings. The molecule has 32 heavy (non-hydrogen) atoms. The molecule has 170 valence electrons. The molecule has 1 unspecified atom stereocenters. The third-order valence-electron chi connectivity index (χ3n) is 6.54. The average molecular weight is 437 g/mol. The quantitative estimate of drug-likeness (QED) is 0.676. The zero-order chi connectivity index (χ0) is 22.5. The van der Waals surface area contributed by atoms with Gasteiger partial charge in [-0.3, -0.25) is 9.59 Å². The molecule has 1 aliphatic heterocycles. The Hall–Kier alpha value is -3.02. The molecule has 6 heteroatoms. The van der Waals surface area contributed by atoms with Crippen LogP contribution < -0.4 is 14.8 Å². The van der Waals surface area contributed by atoms with E-state index in [0.717, 1.165) is 53.9 Å². The predicted molar refractivity (Wildman–Crippen MR) is 122 cm³/mol. The second-order valence-corrected chi connectivity index (χ2v) is 8.80. The van der Waals surface area contributed by atoms with Crippen molar-refractivity contribution in [2.45, 2.75) is 71.0 Å². The smallest absolute Gasteiger partial charge is 0.242 e. The minimum atomic E-state index is -0.528. The lowest BCUT2D eigenvalue weighted by Crippen LogP contribution is -2.49. The van der Waals surface area contributed by atoms with Gasteiger partial charge < -0.3 is 19.7 Å².